The average molecular weight is 373 g/mol. The predicted octanol–water partition coefficient (Wildman–Crippen LogP) is 3.38. The van der Waals surface area contributed by atoms with Gasteiger partial charge < -0.3 is 15.0 Å². The molecule has 1 saturated heterocycles. The number of rotatable bonds is 4. The van der Waals surface area contributed by atoms with Gasteiger partial charge in [0.05, 0.1) is 19.1 Å². The van der Waals surface area contributed by atoms with Gasteiger partial charge in [-0.1, -0.05) is 23.7 Å². The molecule has 1 heterocycles. The standard InChI is InChI=1S/C20H21ClN2O3/c1-14-13-23(10-11-26-14)20(25)16-4-8-18(9-5-16)22-19(24)12-15-2-6-17(21)7-3-15/h2-9,14H,10-13H2,1H3,(H,22,24). The monoisotopic (exact) mass is 372 g/mol. The minimum Gasteiger partial charge on any atom is -0.375 e. The fourth-order valence-electron chi connectivity index (χ4n) is 2.87. The zero-order chi connectivity index (χ0) is 18.5. The molecule has 136 valence electrons. The molecule has 3 rings (SSSR count). The highest BCUT2D eigenvalue weighted by molar-refractivity contribution is 6.30. The van der Waals surface area contributed by atoms with Crippen molar-refractivity contribution in [3.8, 4) is 0 Å². The summed E-state index contributed by atoms with van der Waals surface area (Å²) in [5.74, 6) is -0.132. The lowest BCUT2D eigenvalue weighted by Crippen LogP contribution is -2.44. The normalized spacial score (nSPS) is 17.0. The van der Waals surface area contributed by atoms with E-state index >= 15 is 0 Å². The van der Waals surface area contributed by atoms with E-state index in [-0.39, 0.29) is 24.3 Å². The van der Waals surface area contributed by atoms with Gasteiger partial charge in [0.1, 0.15) is 0 Å². The van der Waals surface area contributed by atoms with Gasteiger partial charge in [-0.05, 0) is 48.9 Å². The summed E-state index contributed by atoms with van der Waals surface area (Å²) in [6, 6.07) is 14.1. The molecule has 6 heteroatoms. The summed E-state index contributed by atoms with van der Waals surface area (Å²) in [7, 11) is 0. The quantitative estimate of drug-likeness (QED) is 0.895. The van der Waals surface area contributed by atoms with Gasteiger partial charge in [0, 0.05) is 29.4 Å². The Morgan fingerprint density at radius 2 is 1.85 bits per heavy atom. The highest BCUT2D eigenvalue weighted by atomic mass is 35.5. The van der Waals surface area contributed by atoms with Crippen LogP contribution in [0.4, 0.5) is 5.69 Å². The van der Waals surface area contributed by atoms with E-state index in [4.69, 9.17) is 16.3 Å². The van der Waals surface area contributed by atoms with Gasteiger partial charge in [0.2, 0.25) is 5.91 Å². The van der Waals surface area contributed by atoms with Crippen LogP contribution in [0.15, 0.2) is 48.5 Å². The maximum absolute atomic E-state index is 12.5. The molecular formula is C20H21ClN2O3. The number of hydrogen-bond acceptors (Lipinski definition) is 3. The lowest BCUT2D eigenvalue weighted by Gasteiger charge is -2.31. The Balaban J connectivity index is 1.57. The predicted molar refractivity (Wildman–Crippen MR) is 102 cm³/mol. The Bertz CT molecular complexity index is 775. The summed E-state index contributed by atoms with van der Waals surface area (Å²) >= 11 is 5.84. The molecule has 5 nitrogen and oxygen atoms in total. The smallest absolute Gasteiger partial charge is 0.254 e. The van der Waals surface area contributed by atoms with Gasteiger partial charge in [-0.25, -0.2) is 0 Å². The molecule has 1 unspecified atom stereocenters. The maximum Gasteiger partial charge on any atom is 0.254 e. The average Bonchev–Trinajstić information content (AvgIpc) is 2.64. The van der Waals surface area contributed by atoms with Crippen molar-refractivity contribution >= 4 is 29.1 Å². The summed E-state index contributed by atoms with van der Waals surface area (Å²) in [6.07, 6.45) is 0.322. The Morgan fingerprint density at radius 3 is 2.50 bits per heavy atom. The number of hydrogen-bond donors (Lipinski definition) is 1. The molecule has 2 aromatic carbocycles. The second-order valence-corrected chi connectivity index (χ2v) is 6.80. The van der Waals surface area contributed by atoms with Gasteiger partial charge in [0.15, 0.2) is 0 Å². The Morgan fingerprint density at radius 1 is 1.15 bits per heavy atom. The number of carbonyl (C=O) groups excluding carboxylic acids is 2. The van der Waals surface area contributed by atoms with Crippen LogP contribution in [0, 0.1) is 0 Å². The molecule has 0 bridgehead atoms. The van der Waals surface area contributed by atoms with Gasteiger partial charge in [-0.15, -0.1) is 0 Å². The number of morpholine rings is 1. The van der Waals surface area contributed by atoms with Crippen LogP contribution >= 0.6 is 11.6 Å². The van der Waals surface area contributed by atoms with Crippen LogP contribution in [0.2, 0.25) is 5.02 Å². The first-order valence-electron chi connectivity index (χ1n) is 8.56. The summed E-state index contributed by atoms with van der Waals surface area (Å²) in [4.78, 5) is 26.4. The number of ether oxygens (including phenoxy) is 1. The summed E-state index contributed by atoms with van der Waals surface area (Å²) in [5, 5.41) is 3.48. The second-order valence-electron chi connectivity index (χ2n) is 6.36. The molecule has 0 aromatic heterocycles. The third-order valence-corrected chi connectivity index (χ3v) is 4.47. The van der Waals surface area contributed by atoms with Crippen LogP contribution in [0.1, 0.15) is 22.8 Å². The number of nitrogens with one attached hydrogen (secondary N) is 1. The second kappa shape index (κ2) is 8.34. The SMILES string of the molecule is CC1CN(C(=O)c2ccc(NC(=O)Cc3ccc(Cl)cc3)cc2)CCO1. The highest BCUT2D eigenvalue weighted by Gasteiger charge is 2.22. The Labute approximate surface area is 157 Å². The van der Waals surface area contributed by atoms with Gasteiger partial charge in [0.25, 0.3) is 5.91 Å². The molecule has 1 aliphatic rings. The van der Waals surface area contributed by atoms with Crippen LogP contribution in [-0.4, -0.2) is 42.5 Å². The van der Waals surface area contributed by atoms with Gasteiger partial charge in [-0.3, -0.25) is 9.59 Å². The third kappa shape index (κ3) is 4.84. The largest absolute Gasteiger partial charge is 0.375 e. The lowest BCUT2D eigenvalue weighted by atomic mass is 10.1. The zero-order valence-corrected chi connectivity index (χ0v) is 15.3. The molecule has 2 amide bonds. The number of anilines is 1. The molecule has 0 aliphatic carbocycles. The van der Waals surface area contributed by atoms with E-state index in [0.29, 0.717) is 36.0 Å². The van der Waals surface area contributed by atoms with E-state index in [1.165, 1.54) is 0 Å². The molecule has 2 aromatic rings. The minimum atomic E-state index is -0.117. The third-order valence-electron chi connectivity index (χ3n) is 4.22. The highest BCUT2D eigenvalue weighted by Crippen LogP contribution is 2.15. The van der Waals surface area contributed by atoms with E-state index in [1.807, 2.05) is 19.1 Å². The van der Waals surface area contributed by atoms with Crippen LogP contribution in [0.3, 0.4) is 0 Å². The lowest BCUT2D eigenvalue weighted by molar-refractivity contribution is -0.115. The Kier molecular flexibility index (Phi) is 5.91. The van der Waals surface area contributed by atoms with Crippen molar-refractivity contribution in [3.63, 3.8) is 0 Å². The minimum absolute atomic E-state index is 0.0146. The number of nitrogens with zero attached hydrogens (tertiary/aromatic N) is 1. The van der Waals surface area contributed by atoms with E-state index in [1.54, 1.807) is 41.3 Å². The molecule has 0 radical (unpaired) electrons. The van der Waals surface area contributed by atoms with Crippen molar-refractivity contribution in [3.05, 3.63) is 64.7 Å². The first kappa shape index (κ1) is 18.4. The number of amides is 2. The topological polar surface area (TPSA) is 58.6 Å². The van der Waals surface area contributed by atoms with Crippen LogP contribution in [-0.2, 0) is 16.0 Å². The van der Waals surface area contributed by atoms with Crippen molar-refractivity contribution < 1.29 is 14.3 Å². The summed E-state index contributed by atoms with van der Waals surface area (Å²) < 4.78 is 5.46. The van der Waals surface area contributed by atoms with Crippen molar-refractivity contribution in [2.75, 3.05) is 25.0 Å². The van der Waals surface area contributed by atoms with Gasteiger partial charge in [-0.2, -0.15) is 0 Å². The fourth-order valence-corrected chi connectivity index (χ4v) is 3.00. The summed E-state index contributed by atoms with van der Waals surface area (Å²) in [5.41, 5.74) is 2.16. The van der Waals surface area contributed by atoms with E-state index < -0.39 is 0 Å². The molecule has 1 N–H and O–H groups in total. The van der Waals surface area contributed by atoms with Crippen LogP contribution < -0.4 is 5.32 Å². The van der Waals surface area contributed by atoms with Crippen molar-refractivity contribution in [1.29, 1.82) is 0 Å². The molecule has 26 heavy (non-hydrogen) atoms. The molecule has 0 saturated carbocycles. The number of carbonyl (C=O) groups is 2. The van der Waals surface area contributed by atoms with E-state index in [0.717, 1.165) is 5.56 Å². The fraction of sp³-hybridized carbons (Fsp3) is 0.300. The van der Waals surface area contributed by atoms with Crippen molar-refractivity contribution in [2.24, 2.45) is 0 Å². The molecule has 1 atom stereocenters. The number of halogens is 1. The first-order valence-corrected chi connectivity index (χ1v) is 8.94. The maximum atomic E-state index is 12.5. The van der Waals surface area contributed by atoms with Gasteiger partial charge >= 0.3 is 0 Å². The molecular weight excluding hydrogens is 352 g/mol. The van der Waals surface area contributed by atoms with Crippen LogP contribution in [0.25, 0.3) is 0 Å². The summed E-state index contributed by atoms with van der Waals surface area (Å²) in [6.45, 7) is 3.71. The van der Waals surface area contributed by atoms with E-state index in [9.17, 15) is 9.59 Å². The zero-order valence-electron chi connectivity index (χ0n) is 14.6. The molecule has 1 fully saturated rings. The van der Waals surface area contributed by atoms with Crippen molar-refractivity contribution in [2.45, 2.75) is 19.4 Å². The van der Waals surface area contributed by atoms with E-state index in [2.05, 4.69) is 5.32 Å². The first-order chi connectivity index (χ1) is 12.5. The Hall–Kier alpha value is -2.37. The number of benzene rings is 2. The molecule has 1 aliphatic heterocycles. The van der Waals surface area contributed by atoms with Crippen LogP contribution in [0.5, 0.6) is 0 Å². The molecule has 0 spiro atoms. The van der Waals surface area contributed by atoms with Crippen molar-refractivity contribution in [1.82, 2.24) is 4.90 Å².